The minimum Gasteiger partial charge on any atom is -0.507 e. The number of phenols is 1. The van der Waals surface area contributed by atoms with Gasteiger partial charge in [0.25, 0.3) is 5.91 Å². The Labute approximate surface area is 104 Å². The maximum atomic E-state index is 11.9. The first kappa shape index (κ1) is 12.0. The Morgan fingerprint density at radius 3 is 2.83 bits per heavy atom. The number of carbonyl (C=O) groups is 1. The third kappa shape index (κ3) is 2.42. The summed E-state index contributed by atoms with van der Waals surface area (Å²) in [5, 5.41) is 16.2. The number of hydrogen-bond donors (Lipinski definition) is 2. The van der Waals surface area contributed by atoms with Crippen molar-refractivity contribution in [2.24, 2.45) is 7.05 Å². The standard InChI is InChI=1S/C12H13N3O3/c1-15-6-5-11(14-15)13-12(17)9-7-8(18-2)3-4-10(9)16/h3-7,16H,1-2H3,(H,13,14,17). The number of anilines is 1. The molecule has 0 atom stereocenters. The SMILES string of the molecule is COc1ccc(O)c(C(=O)Nc2ccn(C)n2)c1. The van der Waals surface area contributed by atoms with Gasteiger partial charge in [0, 0.05) is 19.3 Å². The van der Waals surface area contributed by atoms with Crippen LogP contribution in [0.1, 0.15) is 10.4 Å². The van der Waals surface area contributed by atoms with Gasteiger partial charge in [-0.25, -0.2) is 0 Å². The Balaban J connectivity index is 2.23. The summed E-state index contributed by atoms with van der Waals surface area (Å²) in [6.07, 6.45) is 1.71. The quantitative estimate of drug-likeness (QED) is 0.859. The van der Waals surface area contributed by atoms with Crippen LogP contribution in [0.2, 0.25) is 0 Å². The van der Waals surface area contributed by atoms with Gasteiger partial charge in [-0.1, -0.05) is 0 Å². The number of nitrogens with one attached hydrogen (secondary N) is 1. The highest BCUT2D eigenvalue weighted by Crippen LogP contribution is 2.23. The third-order valence-electron chi connectivity index (χ3n) is 2.40. The summed E-state index contributed by atoms with van der Waals surface area (Å²) in [5.41, 5.74) is 0.139. The molecule has 6 heteroatoms. The molecule has 1 amide bonds. The number of methoxy groups -OCH3 is 1. The summed E-state index contributed by atoms with van der Waals surface area (Å²) in [6, 6.07) is 6.11. The molecule has 0 aliphatic carbocycles. The van der Waals surface area contributed by atoms with Crippen molar-refractivity contribution in [3.8, 4) is 11.5 Å². The zero-order chi connectivity index (χ0) is 13.1. The van der Waals surface area contributed by atoms with Crippen LogP contribution in [0, 0.1) is 0 Å². The monoisotopic (exact) mass is 247 g/mol. The molecule has 94 valence electrons. The molecule has 6 nitrogen and oxygen atoms in total. The molecule has 0 aliphatic heterocycles. The molecular formula is C12H13N3O3. The van der Waals surface area contributed by atoms with Gasteiger partial charge >= 0.3 is 0 Å². The van der Waals surface area contributed by atoms with Crippen molar-refractivity contribution in [3.05, 3.63) is 36.0 Å². The summed E-state index contributed by atoms with van der Waals surface area (Å²) >= 11 is 0. The number of hydrogen-bond acceptors (Lipinski definition) is 4. The van der Waals surface area contributed by atoms with Crippen molar-refractivity contribution in [3.63, 3.8) is 0 Å². The van der Waals surface area contributed by atoms with Gasteiger partial charge in [-0.15, -0.1) is 0 Å². The second-order valence-corrected chi connectivity index (χ2v) is 3.71. The van der Waals surface area contributed by atoms with Crippen LogP contribution < -0.4 is 10.1 Å². The van der Waals surface area contributed by atoms with Gasteiger partial charge in [0.05, 0.1) is 12.7 Å². The number of rotatable bonds is 3. The molecule has 0 fully saturated rings. The highest BCUT2D eigenvalue weighted by Gasteiger charge is 2.13. The fourth-order valence-corrected chi connectivity index (χ4v) is 1.49. The van der Waals surface area contributed by atoms with E-state index in [0.29, 0.717) is 11.6 Å². The number of aromatic nitrogens is 2. The number of aryl methyl sites for hydroxylation is 1. The molecular weight excluding hydrogens is 234 g/mol. The van der Waals surface area contributed by atoms with E-state index in [0.717, 1.165) is 0 Å². The first-order valence-electron chi connectivity index (χ1n) is 5.28. The largest absolute Gasteiger partial charge is 0.507 e. The summed E-state index contributed by atoms with van der Waals surface area (Å²) in [6.45, 7) is 0. The van der Waals surface area contributed by atoms with Crippen LogP contribution in [0.5, 0.6) is 11.5 Å². The lowest BCUT2D eigenvalue weighted by Gasteiger charge is -2.06. The number of nitrogens with zero attached hydrogens (tertiary/aromatic N) is 2. The van der Waals surface area contributed by atoms with Crippen LogP contribution in [-0.2, 0) is 7.05 Å². The zero-order valence-corrected chi connectivity index (χ0v) is 10.0. The summed E-state index contributed by atoms with van der Waals surface area (Å²) in [7, 11) is 3.24. The number of amides is 1. The molecule has 1 aromatic heterocycles. The first-order chi connectivity index (χ1) is 8.60. The van der Waals surface area contributed by atoms with Gasteiger partial charge in [0.15, 0.2) is 5.82 Å². The average molecular weight is 247 g/mol. The van der Waals surface area contributed by atoms with Gasteiger partial charge in [0.2, 0.25) is 0 Å². The Morgan fingerprint density at radius 2 is 2.22 bits per heavy atom. The molecule has 2 N–H and O–H groups in total. The van der Waals surface area contributed by atoms with Crippen molar-refractivity contribution in [1.29, 1.82) is 0 Å². The van der Waals surface area contributed by atoms with E-state index in [4.69, 9.17) is 4.74 Å². The van der Waals surface area contributed by atoms with Crippen molar-refractivity contribution < 1.29 is 14.6 Å². The highest BCUT2D eigenvalue weighted by atomic mass is 16.5. The van der Waals surface area contributed by atoms with E-state index in [1.54, 1.807) is 30.1 Å². The fourth-order valence-electron chi connectivity index (χ4n) is 1.49. The summed E-state index contributed by atoms with van der Waals surface area (Å²) in [5.74, 6) is 0.373. The van der Waals surface area contributed by atoms with Gasteiger partial charge in [-0.05, 0) is 18.2 Å². The summed E-state index contributed by atoms with van der Waals surface area (Å²) in [4.78, 5) is 11.9. The van der Waals surface area contributed by atoms with Crippen molar-refractivity contribution in [2.75, 3.05) is 12.4 Å². The van der Waals surface area contributed by atoms with E-state index in [1.807, 2.05) is 0 Å². The second kappa shape index (κ2) is 4.79. The van der Waals surface area contributed by atoms with Crippen LogP contribution in [0.3, 0.4) is 0 Å². The minimum atomic E-state index is -0.440. The Kier molecular flexibility index (Phi) is 3.18. The molecule has 1 aromatic carbocycles. The van der Waals surface area contributed by atoms with Gasteiger partial charge in [0.1, 0.15) is 11.5 Å². The number of aromatic hydroxyl groups is 1. The smallest absolute Gasteiger partial charge is 0.260 e. The normalized spacial score (nSPS) is 10.1. The van der Waals surface area contributed by atoms with Crippen LogP contribution in [0.25, 0.3) is 0 Å². The molecule has 0 radical (unpaired) electrons. The number of benzene rings is 1. The molecule has 1 heterocycles. The number of phenolic OH excluding ortho intramolecular Hbond substituents is 1. The number of ether oxygens (including phenoxy) is 1. The predicted molar refractivity (Wildman–Crippen MR) is 65.8 cm³/mol. The van der Waals surface area contributed by atoms with Crippen LogP contribution in [0.4, 0.5) is 5.82 Å². The van der Waals surface area contributed by atoms with Gasteiger partial charge in [-0.3, -0.25) is 9.48 Å². The molecule has 0 saturated heterocycles. The highest BCUT2D eigenvalue weighted by molar-refractivity contribution is 6.05. The molecule has 0 aliphatic rings. The van der Waals surface area contributed by atoms with E-state index >= 15 is 0 Å². The maximum absolute atomic E-state index is 11.9. The Morgan fingerprint density at radius 1 is 1.44 bits per heavy atom. The molecule has 0 spiro atoms. The molecule has 0 bridgehead atoms. The predicted octanol–water partition coefficient (Wildman–Crippen LogP) is 1.39. The third-order valence-corrected chi connectivity index (χ3v) is 2.40. The minimum absolute atomic E-state index is 0.107. The van der Waals surface area contributed by atoms with Crippen molar-refractivity contribution in [1.82, 2.24) is 9.78 Å². The second-order valence-electron chi connectivity index (χ2n) is 3.71. The van der Waals surface area contributed by atoms with Crippen molar-refractivity contribution >= 4 is 11.7 Å². The lowest BCUT2D eigenvalue weighted by Crippen LogP contribution is -2.13. The van der Waals surface area contributed by atoms with Gasteiger partial charge < -0.3 is 15.2 Å². The molecule has 2 aromatic rings. The van der Waals surface area contributed by atoms with E-state index in [-0.39, 0.29) is 11.3 Å². The molecule has 2 rings (SSSR count). The lowest BCUT2D eigenvalue weighted by atomic mass is 10.2. The zero-order valence-electron chi connectivity index (χ0n) is 10.0. The van der Waals surface area contributed by atoms with Crippen LogP contribution in [-0.4, -0.2) is 27.9 Å². The lowest BCUT2D eigenvalue weighted by molar-refractivity contribution is 0.102. The van der Waals surface area contributed by atoms with E-state index in [9.17, 15) is 9.90 Å². The molecule has 0 unspecified atom stereocenters. The Hall–Kier alpha value is -2.50. The average Bonchev–Trinajstić information content (AvgIpc) is 2.75. The maximum Gasteiger partial charge on any atom is 0.260 e. The fraction of sp³-hybridized carbons (Fsp3) is 0.167. The first-order valence-corrected chi connectivity index (χ1v) is 5.28. The summed E-state index contributed by atoms with van der Waals surface area (Å²) < 4.78 is 6.57. The van der Waals surface area contributed by atoms with E-state index < -0.39 is 5.91 Å². The topological polar surface area (TPSA) is 76.4 Å². The molecule has 0 saturated carbocycles. The van der Waals surface area contributed by atoms with E-state index in [1.165, 1.54) is 19.2 Å². The Bertz CT molecular complexity index is 578. The van der Waals surface area contributed by atoms with E-state index in [2.05, 4.69) is 10.4 Å². The van der Waals surface area contributed by atoms with Crippen LogP contribution >= 0.6 is 0 Å². The van der Waals surface area contributed by atoms with Crippen molar-refractivity contribution in [2.45, 2.75) is 0 Å². The number of carbonyl (C=O) groups excluding carboxylic acids is 1. The molecule has 18 heavy (non-hydrogen) atoms. The van der Waals surface area contributed by atoms with Gasteiger partial charge in [-0.2, -0.15) is 5.10 Å². The van der Waals surface area contributed by atoms with Crippen LogP contribution in [0.15, 0.2) is 30.5 Å².